The van der Waals surface area contributed by atoms with Gasteiger partial charge in [-0.15, -0.1) is 0 Å². The number of benzene rings is 2. The number of hydrogen-bond acceptors (Lipinski definition) is 4. The van der Waals surface area contributed by atoms with E-state index < -0.39 is 29.7 Å². The fraction of sp³-hybridized carbons (Fsp3) is 0.333. The second kappa shape index (κ2) is 9.06. The van der Waals surface area contributed by atoms with Crippen LogP contribution >= 0.6 is 11.6 Å². The highest BCUT2D eigenvalue weighted by Gasteiger charge is 2.38. The number of esters is 1. The molecule has 1 aliphatic heterocycles. The lowest BCUT2D eigenvalue weighted by Crippen LogP contribution is -2.51. The van der Waals surface area contributed by atoms with Gasteiger partial charge < -0.3 is 9.64 Å². The van der Waals surface area contributed by atoms with E-state index in [0.29, 0.717) is 10.6 Å². The Hall–Kier alpha value is -2.58. The zero-order valence-electron chi connectivity index (χ0n) is 16.2. The normalized spacial score (nSPS) is 16.2. The van der Waals surface area contributed by atoms with Crippen LogP contribution in [0.3, 0.4) is 0 Å². The molecule has 1 amide bonds. The van der Waals surface area contributed by atoms with Gasteiger partial charge in [0.1, 0.15) is 6.04 Å². The van der Waals surface area contributed by atoms with E-state index in [1.54, 1.807) is 24.3 Å². The van der Waals surface area contributed by atoms with Crippen molar-refractivity contribution in [2.75, 3.05) is 33.3 Å². The number of piperazine rings is 1. The maximum atomic E-state index is 13.3. The Balaban J connectivity index is 1.78. The van der Waals surface area contributed by atoms with Crippen LogP contribution in [0.25, 0.3) is 0 Å². The molecule has 2 aromatic carbocycles. The van der Waals surface area contributed by atoms with Crippen LogP contribution in [0.15, 0.2) is 48.5 Å². The van der Waals surface area contributed by atoms with Crippen molar-refractivity contribution in [1.82, 2.24) is 9.80 Å². The van der Waals surface area contributed by atoms with Crippen molar-refractivity contribution in [2.24, 2.45) is 0 Å². The van der Waals surface area contributed by atoms with E-state index in [2.05, 4.69) is 0 Å². The monoisotopic (exact) mass is 440 g/mol. The molecule has 1 heterocycles. The number of alkyl halides is 3. The summed E-state index contributed by atoms with van der Waals surface area (Å²) in [5.41, 5.74) is -0.761. The van der Waals surface area contributed by atoms with E-state index in [-0.39, 0.29) is 31.7 Å². The van der Waals surface area contributed by atoms with Crippen molar-refractivity contribution in [2.45, 2.75) is 12.2 Å². The third-order valence-electron chi connectivity index (χ3n) is 5.05. The van der Waals surface area contributed by atoms with E-state index in [1.807, 2.05) is 4.90 Å². The van der Waals surface area contributed by atoms with Crippen molar-refractivity contribution in [3.05, 3.63) is 70.2 Å². The molecule has 0 N–H and O–H groups in total. The van der Waals surface area contributed by atoms with Crippen molar-refractivity contribution < 1.29 is 27.5 Å². The van der Waals surface area contributed by atoms with Crippen molar-refractivity contribution >= 4 is 23.5 Å². The molecule has 9 heteroatoms. The first kappa shape index (κ1) is 22.1. The minimum atomic E-state index is -4.62. The van der Waals surface area contributed by atoms with Gasteiger partial charge in [-0.05, 0) is 23.8 Å². The molecule has 30 heavy (non-hydrogen) atoms. The molecule has 0 bridgehead atoms. The number of ether oxygens (including phenoxy) is 1. The highest BCUT2D eigenvalue weighted by molar-refractivity contribution is 6.31. The molecule has 2 aromatic rings. The summed E-state index contributed by atoms with van der Waals surface area (Å²) >= 11 is 6.25. The average Bonchev–Trinajstić information content (AvgIpc) is 2.74. The Kier molecular flexibility index (Phi) is 6.67. The molecule has 1 aliphatic rings. The molecule has 0 aromatic heterocycles. The molecule has 3 rings (SSSR count). The number of amides is 1. The SMILES string of the molecule is COC(=O)C(c1ccccc1Cl)N1CCN(C(=O)c2ccccc2C(F)(F)F)CC1. The summed E-state index contributed by atoms with van der Waals surface area (Å²) in [4.78, 5) is 28.4. The van der Waals surface area contributed by atoms with Gasteiger partial charge in [0.15, 0.2) is 0 Å². The number of nitrogens with zero attached hydrogens (tertiary/aromatic N) is 2. The molecule has 0 saturated carbocycles. The topological polar surface area (TPSA) is 49.9 Å². The summed E-state index contributed by atoms with van der Waals surface area (Å²) in [6.45, 7) is 0.905. The summed E-state index contributed by atoms with van der Waals surface area (Å²) in [6.07, 6.45) is -4.62. The molecular weight excluding hydrogens is 421 g/mol. The molecule has 0 spiro atoms. The Morgan fingerprint density at radius 3 is 2.20 bits per heavy atom. The van der Waals surface area contributed by atoms with Crippen LogP contribution in [-0.4, -0.2) is 55.0 Å². The molecule has 1 fully saturated rings. The van der Waals surface area contributed by atoms with Gasteiger partial charge in [-0.2, -0.15) is 13.2 Å². The summed E-state index contributed by atoms with van der Waals surface area (Å²) in [5.74, 6) is -1.18. The fourth-order valence-electron chi connectivity index (χ4n) is 3.55. The quantitative estimate of drug-likeness (QED) is 0.673. The Labute approximate surface area is 177 Å². The Morgan fingerprint density at radius 1 is 1.00 bits per heavy atom. The molecule has 1 saturated heterocycles. The van der Waals surface area contributed by atoms with Crippen LogP contribution in [0.5, 0.6) is 0 Å². The lowest BCUT2D eigenvalue weighted by molar-refractivity contribution is -0.148. The highest BCUT2D eigenvalue weighted by Crippen LogP contribution is 2.33. The van der Waals surface area contributed by atoms with E-state index in [1.165, 1.54) is 30.2 Å². The number of halogens is 4. The van der Waals surface area contributed by atoms with E-state index in [4.69, 9.17) is 16.3 Å². The third-order valence-corrected chi connectivity index (χ3v) is 5.40. The Morgan fingerprint density at radius 2 is 1.60 bits per heavy atom. The average molecular weight is 441 g/mol. The van der Waals surface area contributed by atoms with E-state index in [0.717, 1.165) is 6.07 Å². The number of carbonyl (C=O) groups is 2. The van der Waals surface area contributed by atoms with Crippen LogP contribution in [0.4, 0.5) is 13.2 Å². The minimum absolute atomic E-state index is 0.170. The second-order valence-corrected chi connectivity index (χ2v) is 7.23. The molecule has 1 atom stereocenters. The lowest BCUT2D eigenvalue weighted by Gasteiger charge is -2.38. The minimum Gasteiger partial charge on any atom is -0.468 e. The molecule has 5 nitrogen and oxygen atoms in total. The highest BCUT2D eigenvalue weighted by atomic mass is 35.5. The summed E-state index contributed by atoms with van der Waals surface area (Å²) in [7, 11) is 1.28. The largest absolute Gasteiger partial charge is 0.468 e. The predicted molar refractivity (Wildman–Crippen MR) is 105 cm³/mol. The molecular formula is C21H20ClF3N2O3. The maximum absolute atomic E-state index is 13.3. The summed E-state index contributed by atoms with van der Waals surface area (Å²) in [6, 6.07) is 10.9. The van der Waals surface area contributed by atoms with Crippen LogP contribution in [0.2, 0.25) is 5.02 Å². The number of carbonyl (C=O) groups excluding carboxylic acids is 2. The fourth-order valence-corrected chi connectivity index (χ4v) is 3.79. The van der Waals surface area contributed by atoms with Gasteiger partial charge in [0.05, 0.1) is 18.2 Å². The smallest absolute Gasteiger partial charge is 0.417 e. The van der Waals surface area contributed by atoms with E-state index in [9.17, 15) is 22.8 Å². The number of methoxy groups -OCH3 is 1. The third kappa shape index (κ3) is 4.60. The number of rotatable bonds is 4. The van der Waals surface area contributed by atoms with Gasteiger partial charge in [0, 0.05) is 31.2 Å². The van der Waals surface area contributed by atoms with Crippen molar-refractivity contribution in [3.63, 3.8) is 0 Å². The van der Waals surface area contributed by atoms with Gasteiger partial charge in [-0.25, -0.2) is 4.79 Å². The van der Waals surface area contributed by atoms with Gasteiger partial charge in [-0.3, -0.25) is 9.69 Å². The van der Waals surface area contributed by atoms with Crippen LogP contribution < -0.4 is 0 Å². The first-order valence-corrected chi connectivity index (χ1v) is 9.63. The zero-order valence-corrected chi connectivity index (χ0v) is 16.9. The number of hydrogen-bond donors (Lipinski definition) is 0. The lowest BCUT2D eigenvalue weighted by atomic mass is 10.0. The zero-order chi connectivity index (χ0) is 21.9. The van der Waals surface area contributed by atoms with Crippen molar-refractivity contribution in [1.29, 1.82) is 0 Å². The van der Waals surface area contributed by atoms with Crippen molar-refractivity contribution in [3.8, 4) is 0 Å². The first-order valence-electron chi connectivity index (χ1n) is 9.26. The van der Waals surface area contributed by atoms with Crippen LogP contribution in [-0.2, 0) is 15.7 Å². The standard InChI is InChI=1S/C21H20ClF3N2O3/c1-30-20(29)18(15-7-3-5-9-17(15)22)26-10-12-27(13-11-26)19(28)14-6-2-4-8-16(14)21(23,24)25/h2-9,18H,10-13H2,1H3. The summed E-state index contributed by atoms with van der Waals surface area (Å²) in [5, 5.41) is 0.408. The Bertz CT molecular complexity index is 928. The maximum Gasteiger partial charge on any atom is 0.417 e. The molecule has 160 valence electrons. The van der Waals surface area contributed by atoms with Gasteiger partial charge >= 0.3 is 12.1 Å². The van der Waals surface area contributed by atoms with Gasteiger partial charge in [0.25, 0.3) is 5.91 Å². The molecule has 0 radical (unpaired) electrons. The van der Waals surface area contributed by atoms with Gasteiger partial charge in [-0.1, -0.05) is 41.9 Å². The van der Waals surface area contributed by atoms with E-state index >= 15 is 0 Å². The van der Waals surface area contributed by atoms with Crippen LogP contribution in [0.1, 0.15) is 27.5 Å². The van der Waals surface area contributed by atoms with Crippen LogP contribution in [0, 0.1) is 0 Å². The predicted octanol–water partition coefficient (Wildman–Crippen LogP) is 4.03. The first-order chi connectivity index (χ1) is 14.2. The second-order valence-electron chi connectivity index (χ2n) is 6.82. The van der Waals surface area contributed by atoms with Gasteiger partial charge in [0.2, 0.25) is 0 Å². The summed E-state index contributed by atoms with van der Waals surface area (Å²) < 4.78 is 44.7. The molecule has 0 aliphatic carbocycles. The molecule has 1 unspecified atom stereocenters.